The zero-order chi connectivity index (χ0) is 21.3. The third-order valence-electron chi connectivity index (χ3n) is 4.36. The molecule has 0 saturated carbocycles. The van der Waals surface area contributed by atoms with Crippen molar-refractivity contribution in [3.8, 4) is 0 Å². The van der Waals surface area contributed by atoms with Gasteiger partial charge in [0.1, 0.15) is 0 Å². The van der Waals surface area contributed by atoms with Gasteiger partial charge >= 0.3 is 5.97 Å². The van der Waals surface area contributed by atoms with E-state index in [0.29, 0.717) is 11.4 Å². The van der Waals surface area contributed by atoms with Crippen LogP contribution in [0.4, 0.5) is 11.4 Å². The Bertz CT molecular complexity index is 1090. The summed E-state index contributed by atoms with van der Waals surface area (Å²) in [6.45, 7) is 1.63. The number of non-ortho nitro benzene ring substituents is 1. The Morgan fingerprint density at radius 1 is 1.24 bits per heavy atom. The van der Waals surface area contributed by atoms with Crippen LogP contribution < -0.4 is 4.90 Å². The van der Waals surface area contributed by atoms with Crippen LogP contribution in [0.3, 0.4) is 0 Å². The largest absolute Gasteiger partial charge is 0.465 e. The average molecular weight is 478 g/mol. The third kappa shape index (κ3) is 3.94. The Hall–Kier alpha value is -2.97. The highest BCUT2D eigenvalue weighted by atomic mass is 79.9. The van der Waals surface area contributed by atoms with Crippen LogP contribution in [0.25, 0.3) is 6.08 Å². The molecule has 0 radical (unpaired) electrons. The number of esters is 1. The van der Waals surface area contributed by atoms with Crippen LogP contribution in [0, 0.1) is 10.1 Å². The number of halogens is 2. The third-order valence-corrected chi connectivity index (χ3v) is 5.24. The minimum atomic E-state index is -0.691. The Kier molecular flexibility index (Phi) is 5.86. The van der Waals surface area contributed by atoms with Crippen molar-refractivity contribution in [1.29, 1.82) is 0 Å². The molecule has 148 valence electrons. The number of nitrogens with zero attached hydrogens (tertiary/aromatic N) is 2. The minimum Gasteiger partial charge on any atom is -0.465 e. The first-order valence-electron chi connectivity index (χ1n) is 8.29. The van der Waals surface area contributed by atoms with Gasteiger partial charge < -0.3 is 4.74 Å². The van der Waals surface area contributed by atoms with E-state index in [2.05, 4.69) is 15.9 Å². The van der Waals surface area contributed by atoms with Gasteiger partial charge in [-0.05, 0) is 43.3 Å². The molecule has 1 aliphatic rings. The maximum atomic E-state index is 13.2. The second kappa shape index (κ2) is 8.18. The Labute approximate surface area is 179 Å². The number of methoxy groups -OCH3 is 1. The molecule has 9 heteroatoms. The van der Waals surface area contributed by atoms with Crippen LogP contribution in [0.1, 0.15) is 12.5 Å². The quantitative estimate of drug-likeness (QED) is 0.271. The zero-order valence-electron chi connectivity index (χ0n) is 15.3. The number of allylic oxidation sites excluding steroid dienone is 1. The number of amides is 1. The van der Waals surface area contributed by atoms with E-state index in [9.17, 15) is 19.7 Å². The second-order valence-electron chi connectivity index (χ2n) is 6.09. The van der Waals surface area contributed by atoms with Crippen molar-refractivity contribution in [2.45, 2.75) is 6.92 Å². The predicted molar refractivity (Wildman–Crippen MR) is 112 cm³/mol. The molecular weight excluding hydrogens is 464 g/mol. The van der Waals surface area contributed by atoms with E-state index in [4.69, 9.17) is 16.3 Å². The number of nitro benzene ring substituents is 1. The van der Waals surface area contributed by atoms with Gasteiger partial charge in [-0.2, -0.15) is 0 Å². The van der Waals surface area contributed by atoms with Gasteiger partial charge in [-0.15, -0.1) is 0 Å². The molecule has 1 heterocycles. The Morgan fingerprint density at radius 3 is 2.48 bits per heavy atom. The molecule has 0 unspecified atom stereocenters. The number of hydrogen-bond donors (Lipinski definition) is 0. The fraction of sp³-hybridized carbons (Fsp3) is 0.100. The average Bonchev–Trinajstić information content (AvgIpc) is 2.93. The number of benzene rings is 2. The van der Waals surface area contributed by atoms with Crippen molar-refractivity contribution in [3.63, 3.8) is 0 Å². The molecule has 0 atom stereocenters. The number of rotatable bonds is 4. The Morgan fingerprint density at radius 2 is 1.90 bits per heavy atom. The van der Waals surface area contributed by atoms with E-state index in [-0.39, 0.29) is 27.4 Å². The lowest BCUT2D eigenvalue weighted by Crippen LogP contribution is -2.24. The van der Waals surface area contributed by atoms with Crippen LogP contribution in [-0.4, -0.2) is 23.9 Å². The molecule has 7 nitrogen and oxygen atoms in total. The monoisotopic (exact) mass is 476 g/mol. The number of nitro groups is 1. The maximum Gasteiger partial charge on any atom is 0.340 e. The summed E-state index contributed by atoms with van der Waals surface area (Å²) in [6, 6.07) is 10.9. The van der Waals surface area contributed by atoms with E-state index >= 15 is 0 Å². The van der Waals surface area contributed by atoms with Gasteiger partial charge in [0.25, 0.3) is 11.6 Å². The number of anilines is 1. The predicted octanol–water partition coefficient (Wildman–Crippen LogP) is 4.89. The van der Waals surface area contributed by atoms with Crippen molar-refractivity contribution in [1.82, 2.24) is 0 Å². The van der Waals surface area contributed by atoms with Crippen LogP contribution in [0.15, 0.2) is 63.8 Å². The fourth-order valence-electron chi connectivity index (χ4n) is 2.99. The molecule has 0 saturated heterocycles. The van der Waals surface area contributed by atoms with Gasteiger partial charge in [-0.3, -0.25) is 19.8 Å². The smallest absolute Gasteiger partial charge is 0.340 e. The summed E-state index contributed by atoms with van der Waals surface area (Å²) in [5.41, 5.74) is 1.12. The summed E-state index contributed by atoms with van der Waals surface area (Å²) in [6.07, 6.45) is 1.37. The van der Waals surface area contributed by atoms with Crippen molar-refractivity contribution in [2.75, 3.05) is 12.0 Å². The standard InChI is InChI=1S/C20H14BrClN2O5/c1-11-18(20(26)29-2)16(10-12-9-15(24(27)28)7-8-17(12)22)19(25)23(11)14-5-3-13(21)4-6-14/h3-10H,1-2H3/b16-10-. The highest BCUT2D eigenvalue weighted by molar-refractivity contribution is 9.10. The van der Waals surface area contributed by atoms with Gasteiger partial charge in [0.05, 0.1) is 23.2 Å². The van der Waals surface area contributed by atoms with Crippen LogP contribution in [0.5, 0.6) is 0 Å². The molecule has 2 aromatic rings. The molecule has 0 fully saturated rings. The van der Waals surface area contributed by atoms with Crippen LogP contribution in [-0.2, 0) is 14.3 Å². The van der Waals surface area contributed by atoms with Crippen molar-refractivity contribution in [2.24, 2.45) is 0 Å². The number of ether oxygens (including phenoxy) is 1. The van der Waals surface area contributed by atoms with Gasteiger partial charge in [-0.25, -0.2) is 4.79 Å². The number of carbonyl (C=O) groups excluding carboxylic acids is 2. The van der Waals surface area contributed by atoms with E-state index < -0.39 is 16.8 Å². The van der Waals surface area contributed by atoms with Gasteiger partial charge in [-0.1, -0.05) is 27.5 Å². The lowest BCUT2D eigenvalue weighted by Gasteiger charge is -2.18. The topological polar surface area (TPSA) is 89.8 Å². The Balaban J connectivity index is 2.17. The lowest BCUT2D eigenvalue weighted by molar-refractivity contribution is -0.384. The van der Waals surface area contributed by atoms with Crippen LogP contribution in [0.2, 0.25) is 5.02 Å². The maximum absolute atomic E-state index is 13.2. The first-order chi connectivity index (χ1) is 13.7. The summed E-state index contributed by atoms with van der Waals surface area (Å²) in [5.74, 6) is -1.16. The molecule has 0 bridgehead atoms. The zero-order valence-corrected chi connectivity index (χ0v) is 17.7. The van der Waals surface area contributed by atoms with E-state index in [1.807, 2.05) is 0 Å². The van der Waals surface area contributed by atoms with Crippen molar-refractivity contribution in [3.05, 3.63) is 84.5 Å². The molecule has 0 aliphatic carbocycles. The number of hydrogen-bond acceptors (Lipinski definition) is 5. The van der Waals surface area contributed by atoms with Crippen molar-refractivity contribution < 1.29 is 19.2 Å². The molecule has 3 rings (SSSR count). The van der Waals surface area contributed by atoms with Crippen molar-refractivity contribution >= 4 is 56.9 Å². The second-order valence-corrected chi connectivity index (χ2v) is 7.41. The van der Waals surface area contributed by atoms with Crippen LogP contribution >= 0.6 is 27.5 Å². The first kappa shape index (κ1) is 20.8. The molecule has 29 heavy (non-hydrogen) atoms. The normalized spacial score (nSPS) is 15.2. The summed E-state index contributed by atoms with van der Waals surface area (Å²) in [4.78, 5) is 37.5. The van der Waals surface area contributed by atoms with E-state index in [1.165, 1.54) is 36.3 Å². The summed E-state index contributed by atoms with van der Waals surface area (Å²) in [5, 5.41) is 11.3. The molecule has 0 N–H and O–H groups in total. The lowest BCUT2D eigenvalue weighted by atomic mass is 10.0. The first-order valence-corrected chi connectivity index (χ1v) is 9.47. The van der Waals surface area contributed by atoms with Gasteiger partial charge in [0, 0.05) is 38.6 Å². The van der Waals surface area contributed by atoms with E-state index in [1.54, 1.807) is 31.2 Å². The SMILES string of the molecule is COC(=O)C1=C(C)N(c2ccc(Br)cc2)C(=O)/C1=C\c1cc([N+](=O)[O-])ccc1Cl. The molecule has 1 aliphatic heterocycles. The molecule has 1 amide bonds. The molecule has 0 aromatic heterocycles. The fourth-order valence-corrected chi connectivity index (χ4v) is 3.43. The minimum absolute atomic E-state index is 0.0414. The van der Waals surface area contributed by atoms with E-state index in [0.717, 1.165) is 4.47 Å². The van der Waals surface area contributed by atoms with Gasteiger partial charge in [0.15, 0.2) is 0 Å². The summed E-state index contributed by atoms with van der Waals surface area (Å²) in [7, 11) is 1.22. The number of carbonyl (C=O) groups is 2. The highest BCUT2D eigenvalue weighted by Crippen LogP contribution is 2.37. The molecule has 0 spiro atoms. The van der Waals surface area contributed by atoms with Gasteiger partial charge in [0.2, 0.25) is 0 Å². The molecular formula is C20H14BrClN2O5. The summed E-state index contributed by atoms with van der Waals surface area (Å²) >= 11 is 9.51. The highest BCUT2D eigenvalue weighted by Gasteiger charge is 2.38. The summed E-state index contributed by atoms with van der Waals surface area (Å²) < 4.78 is 5.69. The molecule has 2 aromatic carbocycles.